The number of carbonyl (C=O) groups is 4. The minimum absolute atomic E-state index is 0. The van der Waals surface area contributed by atoms with E-state index in [2.05, 4.69) is 0 Å². The van der Waals surface area contributed by atoms with E-state index in [0.717, 1.165) is 9.80 Å². The normalized spacial score (nSPS) is 9.83. The van der Waals surface area contributed by atoms with Crippen molar-refractivity contribution in [2.45, 2.75) is 6.42 Å². The average Bonchev–Trinajstić information content (AvgIpc) is 2.24. The van der Waals surface area contributed by atoms with Gasteiger partial charge in [0.1, 0.15) is 0 Å². The molecule has 23 heavy (non-hydrogen) atoms. The van der Waals surface area contributed by atoms with Crippen LogP contribution in [0.15, 0.2) is 0 Å². The summed E-state index contributed by atoms with van der Waals surface area (Å²) in [5.74, 6) is -5.90. The van der Waals surface area contributed by atoms with Gasteiger partial charge < -0.3 is 39.6 Å². The summed E-state index contributed by atoms with van der Waals surface area (Å²) in [5, 5.41) is 41.7. The van der Waals surface area contributed by atoms with Gasteiger partial charge in [0.2, 0.25) is 0 Å². The Balaban J connectivity index is -0.00000200. The van der Waals surface area contributed by atoms with Gasteiger partial charge in [-0.15, -0.1) is 0 Å². The molecule has 1 radical (unpaired) electrons. The van der Waals surface area contributed by atoms with Crippen molar-refractivity contribution in [1.82, 2.24) is 9.80 Å². The molecular weight excluding hydrogens is 383 g/mol. The van der Waals surface area contributed by atoms with E-state index in [1.807, 2.05) is 0 Å². The molecule has 0 heterocycles. The molecule has 0 saturated carbocycles. The fourth-order valence-corrected chi connectivity index (χ4v) is 1.68. The Bertz CT molecular complexity index is 341. The Morgan fingerprint density at radius 2 is 0.826 bits per heavy atom. The van der Waals surface area contributed by atoms with E-state index >= 15 is 0 Å². The van der Waals surface area contributed by atoms with E-state index in [-0.39, 0.29) is 88.0 Å². The van der Waals surface area contributed by atoms with Crippen LogP contribution in [-0.4, -0.2) is 72.9 Å². The zero-order valence-electron chi connectivity index (χ0n) is 12.5. The van der Waals surface area contributed by atoms with Gasteiger partial charge in [-0.05, 0) is 6.42 Å². The maximum absolute atomic E-state index is 10.4. The molecule has 12 heteroatoms. The van der Waals surface area contributed by atoms with E-state index in [1.54, 1.807) is 0 Å². The van der Waals surface area contributed by atoms with Crippen LogP contribution >= 0.6 is 0 Å². The number of hydrogen-bond donors (Lipinski definition) is 0. The van der Waals surface area contributed by atoms with Gasteiger partial charge in [-0.25, -0.2) is 0 Å². The summed E-state index contributed by atoms with van der Waals surface area (Å²) >= 11 is 0. The summed E-state index contributed by atoms with van der Waals surface area (Å²) in [4.78, 5) is 43.8. The van der Waals surface area contributed by atoms with Gasteiger partial charge in [0, 0.05) is 39.3 Å². The molecule has 0 fully saturated rings. The Kier molecular flexibility index (Phi) is 18.7. The van der Waals surface area contributed by atoms with Crippen molar-refractivity contribution >= 4 is 23.9 Å². The minimum Gasteiger partial charge on any atom is -0.549 e. The second-order valence-corrected chi connectivity index (χ2v) is 4.26. The molecule has 0 N–H and O–H groups in total. The van der Waals surface area contributed by atoms with Crippen LogP contribution in [0.1, 0.15) is 6.42 Å². The first-order valence-corrected chi connectivity index (χ1v) is 5.94. The van der Waals surface area contributed by atoms with Gasteiger partial charge in [-0.1, -0.05) is 0 Å². The topological polar surface area (TPSA) is 167 Å². The van der Waals surface area contributed by atoms with Crippen LogP contribution in [0.4, 0.5) is 0 Å². The zero-order chi connectivity index (χ0) is 16.4. The number of carboxylic acid groups (broad SMARTS) is 4. The van der Waals surface area contributed by atoms with Gasteiger partial charge >= 0.3 is 68.5 Å². The molecule has 0 unspecified atom stereocenters. The standard InChI is InChI=1S/C11H18N2O8.Fe.K/c14-8(15)4-12(5-9(16)17)2-1-3-13(6-10(18)19)7-11(20)21;;/h1-7H2,(H,14,15)(H,16,17)(H,18,19)(H,20,21);;/q;+3;+1/p-4. The third-order valence-corrected chi connectivity index (χ3v) is 2.36. The predicted octanol–water partition coefficient (Wildman–Crippen LogP) is -10.0. The van der Waals surface area contributed by atoms with Crippen LogP contribution in [0, 0.1) is 0 Å². The number of carboxylic acids is 4. The average molecular weight is 397 g/mol. The molecule has 0 atom stereocenters. The molecule has 0 bridgehead atoms. The largest absolute Gasteiger partial charge is 3.00 e. The van der Waals surface area contributed by atoms with Gasteiger partial charge in [-0.2, -0.15) is 0 Å². The van der Waals surface area contributed by atoms with Crippen molar-refractivity contribution in [3.05, 3.63) is 0 Å². The van der Waals surface area contributed by atoms with Crippen LogP contribution < -0.4 is 71.8 Å². The predicted molar refractivity (Wildman–Crippen MR) is 57.5 cm³/mol. The fourth-order valence-electron chi connectivity index (χ4n) is 1.68. The summed E-state index contributed by atoms with van der Waals surface area (Å²) in [5.41, 5.74) is 0. The molecule has 0 aliphatic heterocycles. The van der Waals surface area contributed by atoms with Gasteiger partial charge in [0.05, 0.1) is 23.9 Å². The number of carbonyl (C=O) groups excluding carboxylic acids is 4. The monoisotopic (exact) mass is 397 g/mol. The van der Waals surface area contributed by atoms with Crippen molar-refractivity contribution in [2.75, 3.05) is 39.3 Å². The molecule has 10 nitrogen and oxygen atoms in total. The molecule has 125 valence electrons. The van der Waals surface area contributed by atoms with Crippen LogP contribution in [0.5, 0.6) is 0 Å². The van der Waals surface area contributed by atoms with Gasteiger partial charge in [-0.3, -0.25) is 9.80 Å². The Morgan fingerprint density at radius 3 is 1.00 bits per heavy atom. The van der Waals surface area contributed by atoms with E-state index in [0.29, 0.717) is 0 Å². The third kappa shape index (κ3) is 18.1. The van der Waals surface area contributed by atoms with E-state index in [9.17, 15) is 39.6 Å². The second-order valence-electron chi connectivity index (χ2n) is 4.26. The summed E-state index contributed by atoms with van der Waals surface area (Å²) in [6.45, 7) is -2.55. The van der Waals surface area contributed by atoms with Crippen molar-refractivity contribution in [1.29, 1.82) is 0 Å². The first kappa shape index (κ1) is 27.8. The van der Waals surface area contributed by atoms with Crippen LogP contribution in [0.3, 0.4) is 0 Å². The first-order valence-electron chi connectivity index (χ1n) is 5.94. The van der Waals surface area contributed by atoms with Crippen molar-refractivity contribution < 1.29 is 108 Å². The molecule has 0 amide bonds. The molecule has 0 aliphatic carbocycles. The summed E-state index contributed by atoms with van der Waals surface area (Å²) in [7, 11) is 0. The van der Waals surface area contributed by atoms with Crippen molar-refractivity contribution in [3.8, 4) is 0 Å². The van der Waals surface area contributed by atoms with Crippen LogP contribution in [0.2, 0.25) is 0 Å². The van der Waals surface area contributed by atoms with Crippen molar-refractivity contribution in [2.24, 2.45) is 0 Å². The van der Waals surface area contributed by atoms with Gasteiger partial charge in [0.25, 0.3) is 0 Å². The molecule has 0 aromatic carbocycles. The molecule has 0 aromatic heterocycles. The van der Waals surface area contributed by atoms with Crippen LogP contribution in [-0.2, 0) is 36.2 Å². The molecule has 0 rings (SSSR count). The van der Waals surface area contributed by atoms with Crippen LogP contribution in [0.25, 0.3) is 0 Å². The summed E-state index contributed by atoms with van der Waals surface area (Å²) < 4.78 is 0. The van der Waals surface area contributed by atoms with E-state index < -0.39 is 50.1 Å². The molecule has 0 aliphatic rings. The first-order chi connectivity index (χ1) is 9.70. The van der Waals surface area contributed by atoms with E-state index in [4.69, 9.17) is 0 Å². The molecule has 0 spiro atoms. The Hall–Kier alpha value is -0.0442. The molecule has 0 saturated heterocycles. The maximum atomic E-state index is 10.4. The fraction of sp³-hybridized carbons (Fsp3) is 0.636. The summed E-state index contributed by atoms with van der Waals surface area (Å²) in [6.07, 6.45) is 0.140. The van der Waals surface area contributed by atoms with Crippen molar-refractivity contribution in [3.63, 3.8) is 0 Å². The molecule has 0 aromatic rings. The van der Waals surface area contributed by atoms with E-state index in [1.165, 1.54) is 0 Å². The maximum Gasteiger partial charge on any atom is 3.00 e. The summed E-state index contributed by atoms with van der Waals surface area (Å²) in [6, 6.07) is 0. The smallest absolute Gasteiger partial charge is 0.549 e. The second kappa shape index (κ2) is 15.5. The Morgan fingerprint density at radius 1 is 0.609 bits per heavy atom. The number of hydrogen-bond acceptors (Lipinski definition) is 10. The number of aliphatic carboxylic acids is 4. The SMILES string of the molecule is O=C([O-])CN(CCCN(CC(=O)[O-])CC(=O)[O-])CC(=O)[O-].[Fe+3].[K+]. The van der Waals surface area contributed by atoms with Gasteiger partial charge in [0.15, 0.2) is 0 Å². The molecular formula is C11H14FeKN2O8. The zero-order valence-corrected chi connectivity index (χ0v) is 16.7. The Labute approximate surface area is 185 Å². The number of nitrogens with zero attached hydrogens (tertiary/aromatic N) is 2. The minimum atomic E-state index is -1.47. The third-order valence-electron chi connectivity index (χ3n) is 2.36. The quantitative estimate of drug-likeness (QED) is 0.288. The number of rotatable bonds is 12.